The molecule has 170 valence electrons. The average molecular weight is 417 g/mol. The highest BCUT2D eigenvalue weighted by atomic mass is 16.6. The van der Waals surface area contributed by atoms with Crippen molar-refractivity contribution >= 4 is 18.0 Å². The molecule has 2 amide bonds. The Balaban J connectivity index is 5.27. The number of carbonyl (C=O) groups excluding carboxylic acids is 3. The van der Waals surface area contributed by atoms with Gasteiger partial charge < -0.3 is 19.1 Å². The largest absolute Gasteiger partial charge is 0.464 e. The molecule has 2 atom stereocenters. The number of amides is 2. The zero-order valence-corrected chi connectivity index (χ0v) is 19.4. The maximum Gasteiger partial charge on any atom is 0.410 e. The van der Waals surface area contributed by atoms with Gasteiger partial charge >= 0.3 is 12.1 Å². The molecule has 0 aromatic heterocycles. The molecule has 0 saturated carbocycles. The van der Waals surface area contributed by atoms with Crippen molar-refractivity contribution in [2.75, 3.05) is 41.0 Å². The van der Waals surface area contributed by atoms with Gasteiger partial charge in [0.2, 0.25) is 5.91 Å². The van der Waals surface area contributed by atoms with Crippen LogP contribution in [0, 0.1) is 11.8 Å². The fourth-order valence-electron chi connectivity index (χ4n) is 3.16. The van der Waals surface area contributed by atoms with E-state index in [0.29, 0.717) is 6.61 Å². The first-order chi connectivity index (χ1) is 13.6. The molecular weight excluding hydrogens is 376 g/mol. The van der Waals surface area contributed by atoms with Crippen LogP contribution < -0.4 is 0 Å². The van der Waals surface area contributed by atoms with E-state index in [1.165, 1.54) is 24.0 Å². The van der Waals surface area contributed by atoms with Crippen LogP contribution in [0.2, 0.25) is 0 Å². The van der Waals surface area contributed by atoms with Gasteiger partial charge in [-0.05, 0) is 18.3 Å². The minimum absolute atomic E-state index is 0.104. The lowest BCUT2D eigenvalue weighted by Gasteiger charge is -2.36. The van der Waals surface area contributed by atoms with Crippen LogP contribution in [-0.4, -0.2) is 80.9 Å². The second kappa shape index (κ2) is 14.2. The van der Waals surface area contributed by atoms with Crippen LogP contribution in [0.25, 0.3) is 0 Å². The van der Waals surface area contributed by atoms with Gasteiger partial charge in [0.25, 0.3) is 0 Å². The zero-order chi connectivity index (χ0) is 22.6. The number of carbonyl (C=O) groups is 3. The van der Waals surface area contributed by atoms with Gasteiger partial charge in [0.05, 0.1) is 13.2 Å². The molecule has 0 heterocycles. The van der Waals surface area contributed by atoms with Crippen molar-refractivity contribution in [1.29, 1.82) is 0 Å². The Kier molecular flexibility index (Phi) is 13.3. The summed E-state index contributed by atoms with van der Waals surface area (Å²) in [5.41, 5.74) is 0. The van der Waals surface area contributed by atoms with Crippen LogP contribution in [0.1, 0.15) is 53.9 Å². The van der Waals surface area contributed by atoms with Crippen molar-refractivity contribution in [3.05, 3.63) is 0 Å². The third kappa shape index (κ3) is 9.02. The van der Waals surface area contributed by atoms with Crippen LogP contribution in [0.5, 0.6) is 0 Å². The molecule has 0 rings (SSSR count). The van der Waals surface area contributed by atoms with Crippen LogP contribution in [0.15, 0.2) is 0 Å². The highest BCUT2D eigenvalue weighted by molar-refractivity contribution is 5.89. The van der Waals surface area contributed by atoms with Gasteiger partial charge in [-0.25, -0.2) is 9.59 Å². The van der Waals surface area contributed by atoms with E-state index in [9.17, 15) is 14.4 Å². The van der Waals surface area contributed by atoms with Crippen molar-refractivity contribution in [3.8, 4) is 0 Å². The number of nitrogens with zero attached hydrogens (tertiary/aromatic N) is 2. The summed E-state index contributed by atoms with van der Waals surface area (Å²) >= 11 is 0. The van der Waals surface area contributed by atoms with Gasteiger partial charge in [-0.15, -0.1) is 0 Å². The fourth-order valence-corrected chi connectivity index (χ4v) is 3.16. The SMILES string of the molecule is CCCCCOC(=O)C(C(C)C)N(C)C(=O)C(C(C)C)N(C)C(=O)OCCOC. The predicted molar refractivity (Wildman–Crippen MR) is 111 cm³/mol. The van der Waals surface area contributed by atoms with E-state index in [2.05, 4.69) is 6.92 Å². The summed E-state index contributed by atoms with van der Waals surface area (Å²) < 4.78 is 15.4. The van der Waals surface area contributed by atoms with Gasteiger partial charge in [-0.3, -0.25) is 9.69 Å². The van der Waals surface area contributed by atoms with Gasteiger partial charge in [-0.1, -0.05) is 47.5 Å². The van der Waals surface area contributed by atoms with Crippen molar-refractivity contribution in [1.82, 2.24) is 9.80 Å². The summed E-state index contributed by atoms with van der Waals surface area (Å²) in [6.07, 6.45) is 2.22. The van der Waals surface area contributed by atoms with Gasteiger partial charge in [0.15, 0.2) is 0 Å². The predicted octanol–water partition coefficient (Wildman–Crippen LogP) is 2.94. The molecule has 0 aliphatic rings. The Hall–Kier alpha value is -1.83. The molecule has 29 heavy (non-hydrogen) atoms. The van der Waals surface area contributed by atoms with Gasteiger partial charge in [0.1, 0.15) is 18.7 Å². The smallest absolute Gasteiger partial charge is 0.410 e. The Labute approximate surface area is 175 Å². The van der Waals surface area contributed by atoms with E-state index >= 15 is 0 Å². The molecule has 8 nitrogen and oxygen atoms in total. The van der Waals surface area contributed by atoms with Crippen molar-refractivity contribution < 1.29 is 28.6 Å². The molecule has 0 fully saturated rings. The summed E-state index contributed by atoms with van der Waals surface area (Å²) in [7, 11) is 4.62. The molecule has 0 saturated heterocycles. The summed E-state index contributed by atoms with van der Waals surface area (Å²) in [6, 6.07) is -1.48. The molecule has 8 heteroatoms. The zero-order valence-electron chi connectivity index (χ0n) is 19.4. The summed E-state index contributed by atoms with van der Waals surface area (Å²) in [4.78, 5) is 40.9. The topological polar surface area (TPSA) is 85.4 Å². The van der Waals surface area contributed by atoms with E-state index in [1.807, 2.05) is 27.7 Å². The third-order valence-electron chi connectivity index (χ3n) is 4.73. The lowest BCUT2D eigenvalue weighted by atomic mass is 9.98. The van der Waals surface area contributed by atoms with Crippen LogP contribution >= 0.6 is 0 Å². The molecule has 0 radical (unpaired) electrons. The average Bonchev–Trinajstić information content (AvgIpc) is 2.64. The van der Waals surface area contributed by atoms with E-state index in [0.717, 1.165) is 19.3 Å². The Bertz CT molecular complexity index is 509. The number of hydrogen-bond donors (Lipinski definition) is 0. The van der Waals surface area contributed by atoms with Crippen molar-refractivity contribution in [3.63, 3.8) is 0 Å². The summed E-state index contributed by atoms with van der Waals surface area (Å²) in [5.74, 6) is -1.04. The number of ether oxygens (including phenoxy) is 3. The molecule has 0 N–H and O–H groups in total. The molecule has 0 aromatic carbocycles. The Morgan fingerprint density at radius 3 is 1.86 bits per heavy atom. The van der Waals surface area contributed by atoms with Crippen molar-refractivity contribution in [2.45, 2.75) is 66.0 Å². The second-order valence-electron chi connectivity index (χ2n) is 7.92. The normalized spacial score (nSPS) is 13.2. The molecule has 0 bridgehead atoms. The molecular formula is C21H40N2O6. The van der Waals surface area contributed by atoms with E-state index in [1.54, 1.807) is 7.05 Å². The first-order valence-electron chi connectivity index (χ1n) is 10.4. The molecule has 0 aliphatic heterocycles. The number of likely N-dealkylation sites (N-methyl/N-ethyl adjacent to an activating group) is 2. The van der Waals surface area contributed by atoms with E-state index in [4.69, 9.17) is 14.2 Å². The number of rotatable bonds is 13. The first-order valence-corrected chi connectivity index (χ1v) is 10.4. The molecule has 2 unspecified atom stereocenters. The highest BCUT2D eigenvalue weighted by Gasteiger charge is 2.38. The number of unbranched alkanes of at least 4 members (excludes halogenated alkanes) is 2. The van der Waals surface area contributed by atoms with Crippen LogP contribution in [0.3, 0.4) is 0 Å². The van der Waals surface area contributed by atoms with Crippen LogP contribution in [-0.2, 0) is 23.8 Å². The van der Waals surface area contributed by atoms with Crippen LogP contribution in [0.4, 0.5) is 4.79 Å². The maximum absolute atomic E-state index is 13.2. The number of hydrogen-bond acceptors (Lipinski definition) is 6. The number of methoxy groups -OCH3 is 1. The lowest BCUT2D eigenvalue weighted by Crippen LogP contribution is -2.56. The van der Waals surface area contributed by atoms with E-state index < -0.39 is 24.1 Å². The summed E-state index contributed by atoms with van der Waals surface area (Å²) in [6.45, 7) is 10.2. The first kappa shape index (κ1) is 27.2. The quantitative estimate of drug-likeness (QED) is 0.339. The molecule has 0 aromatic rings. The standard InChI is InChI=1S/C21H40N2O6/c1-9-10-11-12-28-20(25)18(16(4)5)22(6)19(24)17(15(2)3)23(7)21(26)29-14-13-27-8/h15-18H,9-14H2,1-8H3. The third-order valence-corrected chi connectivity index (χ3v) is 4.73. The lowest BCUT2D eigenvalue weighted by molar-refractivity contribution is -0.158. The number of esters is 1. The minimum Gasteiger partial charge on any atom is -0.464 e. The fraction of sp³-hybridized carbons (Fsp3) is 0.857. The van der Waals surface area contributed by atoms with Crippen molar-refractivity contribution in [2.24, 2.45) is 11.8 Å². The highest BCUT2D eigenvalue weighted by Crippen LogP contribution is 2.19. The Morgan fingerprint density at radius 2 is 1.38 bits per heavy atom. The second-order valence-corrected chi connectivity index (χ2v) is 7.92. The molecule has 0 aliphatic carbocycles. The minimum atomic E-state index is -0.760. The summed E-state index contributed by atoms with van der Waals surface area (Å²) in [5, 5.41) is 0. The van der Waals surface area contributed by atoms with Gasteiger partial charge in [0, 0.05) is 21.2 Å². The maximum atomic E-state index is 13.2. The Morgan fingerprint density at radius 1 is 0.793 bits per heavy atom. The van der Waals surface area contributed by atoms with Gasteiger partial charge in [-0.2, -0.15) is 0 Å². The molecule has 0 spiro atoms. The van der Waals surface area contributed by atoms with E-state index in [-0.39, 0.29) is 31.0 Å². The monoisotopic (exact) mass is 416 g/mol.